The van der Waals surface area contributed by atoms with Gasteiger partial charge in [-0.25, -0.2) is 4.68 Å². The molecule has 0 bridgehead atoms. The molecule has 0 radical (unpaired) electrons. The summed E-state index contributed by atoms with van der Waals surface area (Å²) in [5.74, 6) is 0.0188. The summed E-state index contributed by atoms with van der Waals surface area (Å²) >= 11 is 0. The molecule has 0 unspecified atom stereocenters. The molecule has 4 nitrogen and oxygen atoms in total. The summed E-state index contributed by atoms with van der Waals surface area (Å²) in [6.07, 6.45) is 5.27. The van der Waals surface area contributed by atoms with Crippen LogP contribution >= 0.6 is 0 Å². The number of rotatable bonds is 3. The Bertz CT molecular complexity index is 774. The number of carbonyl (C=O) groups excluding carboxylic acids is 1. The Labute approximate surface area is 123 Å². The fraction of sp³-hybridized carbons (Fsp3) is 0.118. The molecule has 0 fully saturated rings. The zero-order valence-electron chi connectivity index (χ0n) is 11.9. The van der Waals surface area contributed by atoms with Gasteiger partial charge in [0.25, 0.3) is 0 Å². The molecule has 0 N–H and O–H groups in total. The topological polar surface area (TPSA) is 47.8 Å². The fourth-order valence-corrected chi connectivity index (χ4v) is 2.22. The van der Waals surface area contributed by atoms with Crippen LogP contribution in [0.3, 0.4) is 0 Å². The highest BCUT2D eigenvalue weighted by molar-refractivity contribution is 5.94. The van der Waals surface area contributed by atoms with Crippen molar-refractivity contribution < 1.29 is 4.79 Å². The molecule has 0 spiro atoms. The van der Waals surface area contributed by atoms with Gasteiger partial charge in [-0.15, -0.1) is 0 Å². The summed E-state index contributed by atoms with van der Waals surface area (Å²) in [6, 6.07) is 11.7. The molecule has 0 aliphatic rings. The standard InChI is InChI=1S/C17H15N3O/c1-12-4-6-15(17(10-12)20-9-3-8-19-20)16-7-5-14(11-18-16)13(2)21/h3-11H,1-2H3. The lowest BCUT2D eigenvalue weighted by molar-refractivity contribution is 0.101. The molecule has 3 rings (SSSR count). The van der Waals surface area contributed by atoms with Crippen molar-refractivity contribution in [2.24, 2.45) is 0 Å². The average Bonchev–Trinajstić information content (AvgIpc) is 3.01. The Balaban J connectivity index is 2.12. The number of hydrogen-bond acceptors (Lipinski definition) is 3. The van der Waals surface area contributed by atoms with E-state index in [-0.39, 0.29) is 5.78 Å². The van der Waals surface area contributed by atoms with Crippen molar-refractivity contribution >= 4 is 5.78 Å². The second-order valence-corrected chi connectivity index (χ2v) is 4.96. The van der Waals surface area contributed by atoms with Gasteiger partial charge in [0, 0.05) is 29.7 Å². The number of nitrogens with zero attached hydrogens (tertiary/aromatic N) is 3. The third-order valence-corrected chi connectivity index (χ3v) is 3.35. The third kappa shape index (κ3) is 2.60. The molecule has 0 aliphatic carbocycles. The summed E-state index contributed by atoms with van der Waals surface area (Å²) < 4.78 is 1.82. The highest BCUT2D eigenvalue weighted by atomic mass is 16.1. The van der Waals surface area contributed by atoms with Gasteiger partial charge < -0.3 is 0 Å². The molecule has 1 aromatic carbocycles. The van der Waals surface area contributed by atoms with E-state index in [2.05, 4.69) is 16.1 Å². The van der Waals surface area contributed by atoms with Gasteiger partial charge in [-0.3, -0.25) is 9.78 Å². The van der Waals surface area contributed by atoms with Crippen LogP contribution in [0.1, 0.15) is 22.8 Å². The van der Waals surface area contributed by atoms with E-state index in [1.165, 1.54) is 6.92 Å². The summed E-state index contributed by atoms with van der Waals surface area (Å²) in [6.45, 7) is 3.58. The Morgan fingerprint density at radius 2 is 2.05 bits per heavy atom. The number of ketones is 1. The van der Waals surface area contributed by atoms with E-state index in [0.29, 0.717) is 5.56 Å². The maximum Gasteiger partial charge on any atom is 0.161 e. The van der Waals surface area contributed by atoms with Crippen molar-refractivity contribution in [1.82, 2.24) is 14.8 Å². The summed E-state index contributed by atoms with van der Waals surface area (Å²) in [5, 5.41) is 4.29. The van der Waals surface area contributed by atoms with E-state index in [4.69, 9.17) is 0 Å². The number of aromatic nitrogens is 3. The molecule has 4 heteroatoms. The largest absolute Gasteiger partial charge is 0.294 e. The minimum absolute atomic E-state index is 0.0188. The molecular formula is C17H15N3O. The summed E-state index contributed by atoms with van der Waals surface area (Å²) in [5.41, 5.74) is 4.56. The minimum Gasteiger partial charge on any atom is -0.294 e. The van der Waals surface area contributed by atoms with Crippen LogP contribution in [0.2, 0.25) is 0 Å². The number of aryl methyl sites for hydroxylation is 1. The van der Waals surface area contributed by atoms with Gasteiger partial charge in [-0.2, -0.15) is 5.10 Å². The maximum absolute atomic E-state index is 11.3. The van der Waals surface area contributed by atoms with Crippen molar-refractivity contribution in [3.8, 4) is 16.9 Å². The Morgan fingerprint density at radius 3 is 2.67 bits per heavy atom. The number of hydrogen-bond donors (Lipinski definition) is 0. The van der Waals surface area contributed by atoms with Crippen molar-refractivity contribution in [3.63, 3.8) is 0 Å². The fourth-order valence-electron chi connectivity index (χ4n) is 2.22. The molecule has 0 saturated carbocycles. The van der Waals surface area contributed by atoms with Crippen LogP contribution in [0, 0.1) is 6.92 Å². The summed E-state index contributed by atoms with van der Waals surface area (Å²) in [7, 11) is 0. The van der Waals surface area contributed by atoms with Crippen molar-refractivity contribution in [3.05, 3.63) is 66.1 Å². The monoisotopic (exact) mass is 277 g/mol. The van der Waals surface area contributed by atoms with Crippen LogP contribution in [-0.4, -0.2) is 20.5 Å². The zero-order valence-corrected chi connectivity index (χ0v) is 11.9. The number of benzene rings is 1. The smallest absolute Gasteiger partial charge is 0.161 e. The Hall–Kier alpha value is -2.75. The number of carbonyl (C=O) groups is 1. The van der Waals surface area contributed by atoms with Gasteiger partial charge in [-0.1, -0.05) is 12.1 Å². The molecule has 0 amide bonds. The van der Waals surface area contributed by atoms with Crippen molar-refractivity contribution in [1.29, 1.82) is 0 Å². The predicted octanol–water partition coefficient (Wildman–Crippen LogP) is 3.45. The first-order chi connectivity index (χ1) is 10.1. The van der Waals surface area contributed by atoms with Gasteiger partial charge in [0.1, 0.15) is 0 Å². The molecular weight excluding hydrogens is 262 g/mol. The molecule has 2 aromatic heterocycles. The first kappa shape index (κ1) is 13.2. The molecule has 21 heavy (non-hydrogen) atoms. The van der Waals surface area contributed by atoms with E-state index in [1.54, 1.807) is 18.5 Å². The number of pyridine rings is 1. The molecule has 0 aliphatic heterocycles. The first-order valence-corrected chi connectivity index (χ1v) is 6.73. The number of Topliss-reactive ketones (excluding diaryl/α,β-unsaturated/α-hetero) is 1. The van der Waals surface area contributed by atoms with Crippen LogP contribution in [-0.2, 0) is 0 Å². The van der Waals surface area contributed by atoms with Crippen LogP contribution in [0.5, 0.6) is 0 Å². The van der Waals surface area contributed by atoms with Crippen LogP contribution in [0.4, 0.5) is 0 Å². The third-order valence-electron chi connectivity index (χ3n) is 3.35. The van der Waals surface area contributed by atoms with E-state index in [9.17, 15) is 4.79 Å². The molecule has 104 valence electrons. The van der Waals surface area contributed by atoms with Gasteiger partial charge in [0.2, 0.25) is 0 Å². The van der Waals surface area contributed by atoms with Gasteiger partial charge in [-0.05, 0) is 43.7 Å². The second kappa shape index (κ2) is 5.32. The SMILES string of the molecule is CC(=O)c1ccc(-c2ccc(C)cc2-n2cccn2)nc1. The van der Waals surface area contributed by atoms with Gasteiger partial charge in [0.05, 0.1) is 11.4 Å². The van der Waals surface area contributed by atoms with Crippen LogP contribution in [0.15, 0.2) is 55.0 Å². The quantitative estimate of drug-likeness (QED) is 0.689. The van der Waals surface area contributed by atoms with Gasteiger partial charge in [0.15, 0.2) is 5.78 Å². The van der Waals surface area contributed by atoms with Crippen molar-refractivity contribution in [2.45, 2.75) is 13.8 Å². The van der Waals surface area contributed by atoms with E-state index >= 15 is 0 Å². The Morgan fingerprint density at radius 1 is 1.19 bits per heavy atom. The highest BCUT2D eigenvalue weighted by Crippen LogP contribution is 2.26. The molecule has 2 heterocycles. The lowest BCUT2D eigenvalue weighted by Crippen LogP contribution is -2.00. The second-order valence-electron chi connectivity index (χ2n) is 4.96. The molecule has 0 saturated heterocycles. The van der Waals surface area contributed by atoms with E-state index < -0.39 is 0 Å². The molecule has 3 aromatic rings. The lowest BCUT2D eigenvalue weighted by Gasteiger charge is -2.10. The highest BCUT2D eigenvalue weighted by Gasteiger charge is 2.10. The predicted molar refractivity (Wildman–Crippen MR) is 81.5 cm³/mol. The van der Waals surface area contributed by atoms with Crippen LogP contribution < -0.4 is 0 Å². The van der Waals surface area contributed by atoms with Crippen molar-refractivity contribution in [2.75, 3.05) is 0 Å². The van der Waals surface area contributed by atoms with E-state index in [1.807, 2.05) is 42.1 Å². The van der Waals surface area contributed by atoms with Gasteiger partial charge >= 0.3 is 0 Å². The zero-order chi connectivity index (χ0) is 14.8. The first-order valence-electron chi connectivity index (χ1n) is 6.73. The average molecular weight is 277 g/mol. The Kier molecular flexibility index (Phi) is 3.36. The normalized spacial score (nSPS) is 10.6. The maximum atomic E-state index is 11.3. The lowest BCUT2D eigenvalue weighted by atomic mass is 10.1. The van der Waals surface area contributed by atoms with Crippen LogP contribution in [0.25, 0.3) is 16.9 Å². The molecule has 0 atom stereocenters. The van der Waals surface area contributed by atoms with E-state index in [0.717, 1.165) is 22.5 Å². The minimum atomic E-state index is 0.0188. The summed E-state index contributed by atoms with van der Waals surface area (Å²) in [4.78, 5) is 15.7.